The van der Waals surface area contributed by atoms with Gasteiger partial charge in [0.2, 0.25) is 5.95 Å². The van der Waals surface area contributed by atoms with E-state index in [1.165, 1.54) is 19.4 Å². The topological polar surface area (TPSA) is 52.7 Å². The molecule has 0 spiro atoms. The highest BCUT2D eigenvalue weighted by atomic mass is 15.1. The van der Waals surface area contributed by atoms with Gasteiger partial charge in [0.15, 0.2) is 0 Å². The molecule has 0 aliphatic carbocycles. The van der Waals surface area contributed by atoms with Crippen molar-refractivity contribution in [3.05, 3.63) is 24.3 Å². The van der Waals surface area contributed by atoms with Crippen molar-refractivity contribution in [3.8, 4) is 0 Å². The standard InChI is InChI=1S/C13H18N4/c1-2-6-12-11(5-1)16-13(17-12)15-9-7-10-4-3-8-14-10/h1-2,5-6,10,14H,3-4,7-9H2,(H2,15,16,17). The second-order valence-corrected chi connectivity index (χ2v) is 4.61. The third-order valence-electron chi connectivity index (χ3n) is 3.34. The Morgan fingerprint density at radius 2 is 2.29 bits per heavy atom. The number of fused-ring (bicyclic) bond motifs is 1. The Morgan fingerprint density at radius 1 is 1.35 bits per heavy atom. The lowest BCUT2D eigenvalue weighted by Gasteiger charge is -2.09. The Kier molecular flexibility index (Phi) is 2.96. The fraction of sp³-hybridized carbons (Fsp3) is 0.462. The Morgan fingerprint density at radius 3 is 3.12 bits per heavy atom. The maximum atomic E-state index is 4.49. The molecule has 1 aliphatic heterocycles. The van der Waals surface area contributed by atoms with Crippen LogP contribution in [-0.2, 0) is 0 Å². The lowest BCUT2D eigenvalue weighted by molar-refractivity contribution is 0.574. The molecule has 2 aromatic rings. The van der Waals surface area contributed by atoms with Gasteiger partial charge in [-0.3, -0.25) is 0 Å². The summed E-state index contributed by atoms with van der Waals surface area (Å²) in [5, 5.41) is 6.85. The number of benzene rings is 1. The van der Waals surface area contributed by atoms with Crippen LogP contribution in [0.3, 0.4) is 0 Å². The second kappa shape index (κ2) is 4.75. The van der Waals surface area contributed by atoms with Gasteiger partial charge in [-0.2, -0.15) is 0 Å². The Labute approximate surface area is 101 Å². The van der Waals surface area contributed by atoms with Gasteiger partial charge >= 0.3 is 0 Å². The molecule has 3 rings (SSSR count). The fourth-order valence-corrected chi connectivity index (χ4v) is 2.40. The number of nitrogens with zero attached hydrogens (tertiary/aromatic N) is 1. The molecule has 4 heteroatoms. The van der Waals surface area contributed by atoms with E-state index >= 15 is 0 Å². The van der Waals surface area contributed by atoms with Gasteiger partial charge in [-0.05, 0) is 37.9 Å². The average molecular weight is 230 g/mol. The molecular weight excluding hydrogens is 212 g/mol. The van der Waals surface area contributed by atoms with Gasteiger partial charge < -0.3 is 15.6 Å². The summed E-state index contributed by atoms with van der Waals surface area (Å²) in [6, 6.07) is 8.79. The van der Waals surface area contributed by atoms with Crippen LogP contribution in [-0.4, -0.2) is 29.1 Å². The molecule has 4 nitrogen and oxygen atoms in total. The minimum absolute atomic E-state index is 0.687. The van der Waals surface area contributed by atoms with E-state index in [0.717, 1.165) is 29.9 Å². The summed E-state index contributed by atoms with van der Waals surface area (Å²) < 4.78 is 0. The molecule has 3 N–H and O–H groups in total. The van der Waals surface area contributed by atoms with Gasteiger partial charge in [-0.15, -0.1) is 0 Å². The maximum Gasteiger partial charge on any atom is 0.201 e. The molecule has 1 atom stereocenters. The lowest BCUT2D eigenvalue weighted by Crippen LogP contribution is -2.24. The van der Waals surface area contributed by atoms with Crippen molar-refractivity contribution < 1.29 is 0 Å². The zero-order chi connectivity index (χ0) is 11.5. The van der Waals surface area contributed by atoms with Crippen LogP contribution >= 0.6 is 0 Å². The van der Waals surface area contributed by atoms with Crippen LogP contribution < -0.4 is 10.6 Å². The fourth-order valence-electron chi connectivity index (χ4n) is 2.40. The highest BCUT2D eigenvalue weighted by molar-refractivity contribution is 5.77. The molecule has 0 radical (unpaired) electrons. The molecule has 0 amide bonds. The summed E-state index contributed by atoms with van der Waals surface area (Å²) in [5.74, 6) is 0.879. The molecule has 1 aromatic heterocycles. The number of imidazole rings is 1. The highest BCUT2D eigenvalue weighted by Gasteiger charge is 2.13. The van der Waals surface area contributed by atoms with Gasteiger partial charge in [0.25, 0.3) is 0 Å². The number of H-pyrrole nitrogens is 1. The Balaban J connectivity index is 1.57. The van der Waals surface area contributed by atoms with E-state index in [0.29, 0.717) is 6.04 Å². The van der Waals surface area contributed by atoms with Crippen LogP contribution in [0, 0.1) is 0 Å². The predicted octanol–water partition coefficient (Wildman–Crippen LogP) is 2.12. The first-order valence-corrected chi connectivity index (χ1v) is 6.34. The molecule has 17 heavy (non-hydrogen) atoms. The SMILES string of the molecule is c1ccc2[nH]c(NCCC3CCCN3)nc2c1. The molecule has 0 bridgehead atoms. The molecule has 0 saturated carbocycles. The second-order valence-electron chi connectivity index (χ2n) is 4.61. The Hall–Kier alpha value is -1.55. The number of anilines is 1. The number of hydrogen-bond acceptors (Lipinski definition) is 3. The van der Waals surface area contributed by atoms with Crippen molar-refractivity contribution in [2.45, 2.75) is 25.3 Å². The number of aromatic amines is 1. The highest BCUT2D eigenvalue weighted by Crippen LogP contribution is 2.14. The first kappa shape index (κ1) is 10.6. The van der Waals surface area contributed by atoms with Gasteiger partial charge in [0.1, 0.15) is 0 Å². The Bertz CT molecular complexity index is 452. The van der Waals surface area contributed by atoms with Crippen molar-refractivity contribution in [3.63, 3.8) is 0 Å². The third-order valence-corrected chi connectivity index (χ3v) is 3.34. The van der Waals surface area contributed by atoms with E-state index in [4.69, 9.17) is 0 Å². The van der Waals surface area contributed by atoms with Gasteiger partial charge in [0, 0.05) is 12.6 Å². The average Bonchev–Trinajstić information content (AvgIpc) is 2.96. The van der Waals surface area contributed by atoms with E-state index in [9.17, 15) is 0 Å². The molecule has 1 saturated heterocycles. The quantitative estimate of drug-likeness (QED) is 0.754. The van der Waals surface area contributed by atoms with E-state index < -0.39 is 0 Å². The van der Waals surface area contributed by atoms with Crippen LogP contribution in [0.1, 0.15) is 19.3 Å². The molecule has 2 heterocycles. The molecule has 1 unspecified atom stereocenters. The van der Waals surface area contributed by atoms with Crippen molar-refractivity contribution in [2.24, 2.45) is 0 Å². The van der Waals surface area contributed by atoms with Gasteiger partial charge in [-0.1, -0.05) is 12.1 Å². The summed E-state index contributed by atoms with van der Waals surface area (Å²) in [6.45, 7) is 2.15. The summed E-state index contributed by atoms with van der Waals surface area (Å²) >= 11 is 0. The zero-order valence-electron chi connectivity index (χ0n) is 9.87. The number of rotatable bonds is 4. The van der Waals surface area contributed by atoms with Crippen molar-refractivity contribution in [1.82, 2.24) is 15.3 Å². The first-order valence-electron chi connectivity index (χ1n) is 6.34. The monoisotopic (exact) mass is 230 g/mol. The number of aromatic nitrogens is 2. The minimum atomic E-state index is 0.687. The summed E-state index contributed by atoms with van der Waals surface area (Å²) in [4.78, 5) is 7.77. The minimum Gasteiger partial charge on any atom is -0.356 e. The van der Waals surface area contributed by atoms with Crippen molar-refractivity contribution >= 4 is 17.0 Å². The molecule has 1 fully saturated rings. The molecular formula is C13H18N4. The summed E-state index contributed by atoms with van der Waals surface area (Å²) in [7, 11) is 0. The molecule has 1 aromatic carbocycles. The van der Waals surface area contributed by atoms with Crippen LogP contribution in [0.2, 0.25) is 0 Å². The summed E-state index contributed by atoms with van der Waals surface area (Å²) in [6.07, 6.45) is 3.79. The van der Waals surface area contributed by atoms with E-state index in [1.807, 2.05) is 24.3 Å². The van der Waals surface area contributed by atoms with Crippen LogP contribution in [0.25, 0.3) is 11.0 Å². The number of hydrogen-bond donors (Lipinski definition) is 3. The van der Waals surface area contributed by atoms with E-state index in [1.54, 1.807) is 0 Å². The molecule has 90 valence electrons. The van der Waals surface area contributed by atoms with Crippen LogP contribution in [0.15, 0.2) is 24.3 Å². The van der Waals surface area contributed by atoms with Crippen molar-refractivity contribution in [1.29, 1.82) is 0 Å². The maximum absolute atomic E-state index is 4.49. The largest absolute Gasteiger partial charge is 0.356 e. The lowest BCUT2D eigenvalue weighted by atomic mass is 10.2. The number of para-hydroxylation sites is 2. The van der Waals surface area contributed by atoms with E-state index in [2.05, 4.69) is 20.6 Å². The van der Waals surface area contributed by atoms with Crippen molar-refractivity contribution in [2.75, 3.05) is 18.4 Å². The first-order chi connectivity index (χ1) is 8.42. The van der Waals surface area contributed by atoms with E-state index in [-0.39, 0.29) is 0 Å². The zero-order valence-corrected chi connectivity index (χ0v) is 9.87. The van der Waals surface area contributed by atoms with Gasteiger partial charge in [0.05, 0.1) is 11.0 Å². The predicted molar refractivity (Wildman–Crippen MR) is 70.2 cm³/mol. The number of nitrogens with one attached hydrogen (secondary N) is 3. The normalized spacial score (nSPS) is 19.9. The smallest absolute Gasteiger partial charge is 0.201 e. The summed E-state index contributed by atoms with van der Waals surface area (Å²) in [5.41, 5.74) is 2.11. The van der Waals surface area contributed by atoms with Gasteiger partial charge in [-0.25, -0.2) is 4.98 Å². The third kappa shape index (κ3) is 2.42. The van der Waals surface area contributed by atoms with Crippen LogP contribution in [0.5, 0.6) is 0 Å². The van der Waals surface area contributed by atoms with Crippen LogP contribution in [0.4, 0.5) is 5.95 Å². The molecule has 1 aliphatic rings.